The molecule has 2 aromatic heterocycles. The number of aromatic nitrogens is 3. The minimum atomic E-state index is -0.139. The molecule has 0 aliphatic carbocycles. The van der Waals surface area contributed by atoms with Crippen LogP contribution in [0.25, 0.3) is 0 Å². The first-order valence-electron chi connectivity index (χ1n) is 7.63. The van der Waals surface area contributed by atoms with Gasteiger partial charge in [0.15, 0.2) is 0 Å². The van der Waals surface area contributed by atoms with E-state index in [9.17, 15) is 0 Å². The molecule has 0 fully saturated rings. The van der Waals surface area contributed by atoms with Crippen molar-refractivity contribution in [2.75, 3.05) is 0 Å². The summed E-state index contributed by atoms with van der Waals surface area (Å²) in [5.41, 5.74) is 4.08. The molecule has 3 aromatic rings. The summed E-state index contributed by atoms with van der Waals surface area (Å²) in [5, 5.41) is 0. The van der Waals surface area contributed by atoms with E-state index in [1.807, 2.05) is 50.2 Å². The molecule has 0 saturated heterocycles. The van der Waals surface area contributed by atoms with Gasteiger partial charge in [-0.25, -0.2) is 9.97 Å². The number of nitrogens with zero attached hydrogens (tertiary/aromatic N) is 3. The van der Waals surface area contributed by atoms with Crippen molar-refractivity contribution >= 4 is 0 Å². The van der Waals surface area contributed by atoms with Gasteiger partial charge in [0.2, 0.25) is 0 Å². The van der Waals surface area contributed by atoms with Crippen LogP contribution in [0.15, 0.2) is 60.9 Å². The molecular weight excluding hydrogens is 286 g/mol. The van der Waals surface area contributed by atoms with Crippen molar-refractivity contribution in [3.8, 4) is 6.01 Å². The zero-order valence-corrected chi connectivity index (χ0v) is 13.3. The molecule has 0 aliphatic rings. The van der Waals surface area contributed by atoms with Crippen LogP contribution >= 0.6 is 0 Å². The van der Waals surface area contributed by atoms with E-state index in [2.05, 4.69) is 27.1 Å². The smallest absolute Gasteiger partial charge is 0.317 e. The van der Waals surface area contributed by atoms with Crippen LogP contribution in [0.2, 0.25) is 0 Å². The molecule has 0 radical (unpaired) electrons. The maximum atomic E-state index is 6.12. The van der Waals surface area contributed by atoms with Crippen molar-refractivity contribution in [1.82, 2.24) is 15.0 Å². The van der Waals surface area contributed by atoms with E-state index in [1.54, 1.807) is 12.4 Å². The summed E-state index contributed by atoms with van der Waals surface area (Å²) in [6.45, 7) is 3.89. The van der Waals surface area contributed by atoms with E-state index in [0.717, 1.165) is 23.4 Å². The summed E-state index contributed by atoms with van der Waals surface area (Å²) in [4.78, 5) is 12.9. The summed E-state index contributed by atoms with van der Waals surface area (Å²) < 4.78 is 6.12. The zero-order valence-electron chi connectivity index (χ0n) is 13.3. The first kappa shape index (κ1) is 15.2. The second-order valence-corrected chi connectivity index (χ2v) is 5.51. The van der Waals surface area contributed by atoms with Crippen molar-refractivity contribution < 1.29 is 4.74 Å². The summed E-state index contributed by atoms with van der Waals surface area (Å²) in [6.07, 6.45) is 4.19. The van der Waals surface area contributed by atoms with Crippen LogP contribution in [0.3, 0.4) is 0 Å². The van der Waals surface area contributed by atoms with E-state index in [-0.39, 0.29) is 6.10 Å². The van der Waals surface area contributed by atoms with Crippen LogP contribution in [0.5, 0.6) is 6.01 Å². The third-order valence-corrected chi connectivity index (χ3v) is 3.55. The highest BCUT2D eigenvalue weighted by Crippen LogP contribution is 2.23. The molecule has 2 heterocycles. The number of pyridine rings is 1. The van der Waals surface area contributed by atoms with Crippen LogP contribution in [-0.2, 0) is 6.42 Å². The minimum absolute atomic E-state index is 0.139. The van der Waals surface area contributed by atoms with Crippen molar-refractivity contribution in [1.29, 1.82) is 0 Å². The highest BCUT2D eigenvalue weighted by Gasteiger charge is 2.16. The zero-order chi connectivity index (χ0) is 16.1. The van der Waals surface area contributed by atoms with Gasteiger partial charge in [-0.15, -0.1) is 0 Å². The number of benzene rings is 1. The summed E-state index contributed by atoms with van der Waals surface area (Å²) in [6, 6.07) is 16.5. The van der Waals surface area contributed by atoms with Crippen LogP contribution in [0.1, 0.15) is 28.6 Å². The monoisotopic (exact) mass is 305 g/mol. The van der Waals surface area contributed by atoms with Gasteiger partial charge in [0.1, 0.15) is 6.10 Å². The SMILES string of the molecule is Cc1cc(C)nc(OC(Cc2ccncc2)c2ccccc2)n1. The molecular formula is C19H19N3O. The van der Waals surface area contributed by atoms with Crippen LogP contribution in [-0.4, -0.2) is 15.0 Å². The van der Waals surface area contributed by atoms with Crippen molar-refractivity contribution in [3.63, 3.8) is 0 Å². The van der Waals surface area contributed by atoms with E-state index in [0.29, 0.717) is 6.01 Å². The Morgan fingerprint density at radius 2 is 1.57 bits per heavy atom. The van der Waals surface area contributed by atoms with Crippen molar-refractivity contribution in [3.05, 3.63) is 83.4 Å². The predicted octanol–water partition coefficient (Wildman–Crippen LogP) is 3.85. The van der Waals surface area contributed by atoms with Crippen molar-refractivity contribution in [2.45, 2.75) is 26.4 Å². The van der Waals surface area contributed by atoms with Crippen LogP contribution in [0, 0.1) is 13.8 Å². The van der Waals surface area contributed by atoms with Gasteiger partial charge in [0, 0.05) is 30.2 Å². The Balaban J connectivity index is 1.88. The Labute approximate surface area is 136 Å². The third kappa shape index (κ3) is 4.13. The first-order valence-corrected chi connectivity index (χ1v) is 7.63. The van der Waals surface area contributed by atoms with Gasteiger partial charge >= 0.3 is 6.01 Å². The lowest BCUT2D eigenvalue weighted by Gasteiger charge is -2.19. The molecule has 0 bridgehead atoms. The number of ether oxygens (including phenoxy) is 1. The Kier molecular flexibility index (Phi) is 4.62. The molecule has 0 saturated carbocycles. The second kappa shape index (κ2) is 7.01. The van der Waals surface area contributed by atoms with Crippen LogP contribution in [0.4, 0.5) is 0 Å². The Bertz CT molecular complexity index is 740. The molecule has 23 heavy (non-hydrogen) atoms. The topological polar surface area (TPSA) is 47.9 Å². The van der Waals surface area contributed by atoms with E-state index < -0.39 is 0 Å². The largest absolute Gasteiger partial charge is 0.455 e. The normalized spacial score (nSPS) is 11.9. The molecule has 1 atom stereocenters. The Morgan fingerprint density at radius 3 is 2.22 bits per heavy atom. The Hall–Kier alpha value is -2.75. The lowest BCUT2D eigenvalue weighted by Crippen LogP contribution is -2.13. The van der Waals surface area contributed by atoms with E-state index in [1.165, 1.54) is 5.56 Å². The molecule has 0 aliphatic heterocycles. The lowest BCUT2D eigenvalue weighted by molar-refractivity contribution is 0.187. The summed E-state index contributed by atoms with van der Waals surface area (Å²) in [5.74, 6) is 0. The second-order valence-electron chi connectivity index (χ2n) is 5.51. The van der Waals surface area contributed by atoms with E-state index >= 15 is 0 Å². The molecule has 0 N–H and O–H groups in total. The van der Waals surface area contributed by atoms with Gasteiger partial charge in [0.25, 0.3) is 0 Å². The van der Waals surface area contributed by atoms with Gasteiger partial charge in [-0.2, -0.15) is 0 Å². The van der Waals surface area contributed by atoms with E-state index in [4.69, 9.17) is 4.74 Å². The highest BCUT2D eigenvalue weighted by atomic mass is 16.5. The van der Waals surface area contributed by atoms with Gasteiger partial charge in [-0.05, 0) is 43.2 Å². The molecule has 3 rings (SSSR count). The molecule has 4 heteroatoms. The van der Waals surface area contributed by atoms with Crippen molar-refractivity contribution in [2.24, 2.45) is 0 Å². The molecule has 1 unspecified atom stereocenters. The summed E-state index contributed by atoms with van der Waals surface area (Å²) >= 11 is 0. The average molecular weight is 305 g/mol. The average Bonchev–Trinajstić information content (AvgIpc) is 2.55. The third-order valence-electron chi connectivity index (χ3n) is 3.55. The minimum Gasteiger partial charge on any atom is -0.455 e. The molecule has 1 aromatic carbocycles. The fraction of sp³-hybridized carbons (Fsp3) is 0.211. The lowest BCUT2D eigenvalue weighted by atomic mass is 10.0. The van der Waals surface area contributed by atoms with Gasteiger partial charge in [-0.1, -0.05) is 30.3 Å². The highest BCUT2D eigenvalue weighted by molar-refractivity contribution is 5.23. The fourth-order valence-electron chi connectivity index (χ4n) is 2.50. The quantitative estimate of drug-likeness (QED) is 0.718. The fourth-order valence-corrected chi connectivity index (χ4v) is 2.50. The molecule has 116 valence electrons. The van der Waals surface area contributed by atoms with Gasteiger partial charge in [-0.3, -0.25) is 4.98 Å². The maximum Gasteiger partial charge on any atom is 0.317 e. The summed E-state index contributed by atoms with van der Waals surface area (Å²) in [7, 11) is 0. The molecule has 0 amide bonds. The van der Waals surface area contributed by atoms with Crippen LogP contribution < -0.4 is 4.74 Å². The number of aryl methyl sites for hydroxylation is 2. The van der Waals surface area contributed by atoms with Gasteiger partial charge in [0.05, 0.1) is 0 Å². The predicted molar refractivity (Wildman–Crippen MR) is 89.3 cm³/mol. The molecule has 4 nitrogen and oxygen atoms in total. The number of hydrogen-bond acceptors (Lipinski definition) is 4. The first-order chi connectivity index (χ1) is 11.2. The molecule has 0 spiro atoms. The standard InChI is InChI=1S/C19H19N3O/c1-14-12-15(2)22-19(21-14)23-18(17-6-4-3-5-7-17)13-16-8-10-20-11-9-16/h3-12,18H,13H2,1-2H3. The Morgan fingerprint density at radius 1 is 0.913 bits per heavy atom. The number of hydrogen-bond donors (Lipinski definition) is 0. The maximum absolute atomic E-state index is 6.12. The number of rotatable bonds is 5. The van der Waals surface area contributed by atoms with Gasteiger partial charge < -0.3 is 4.74 Å².